The van der Waals surface area contributed by atoms with Crippen LogP contribution in [0.15, 0.2) is 77.7 Å². The van der Waals surface area contributed by atoms with Gasteiger partial charge in [0, 0.05) is 16.1 Å². The smallest absolute Gasteiger partial charge is 0.261 e. The molecule has 0 heterocycles. The van der Waals surface area contributed by atoms with Gasteiger partial charge in [0.1, 0.15) is 5.75 Å². The fourth-order valence-corrected chi connectivity index (χ4v) is 4.24. The first kappa shape index (κ1) is 21.7. The van der Waals surface area contributed by atoms with Crippen LogP contribution in [0.2, 0.25) is 5.02 Å². The average Bonchev–Trinajstić information content (AvgIpc) is 2.73. The van der Waals surface area contributed by atoms with Gasteiger partial charge in [-0.05, 0) is 49.4 Å². The van der Waals surface area contributed by atoms with Gasteiger partial charge in [0.25, 0.3) is 15.9 Å². The minimum atomic E-state index is -3.89. The van der Waals surface area contributed by atoms with E-state index in [9.17, 15) is 13.2 Å². The number of ether oxygens (including phenoxy) is 1. The largest absolute Gasteiger partial charge is 0.496 e. The van der Waals surface area contributed by atoms with Gasteiger partial charge in [-0.1, -0.05) is 41.9 Å². The van der Waals surface area contributed by atoms with Gasteiger partial charge in [0.05, 0.1) is 23.7 Å². The Balaban J connectivity index is 1.79. The Morgan fingerprint density at radius 3 is 2.47 bits per heavy atom. The SMILES string of the molecule is COc1ccccc1C(C)NC(=O)c1cccc(S(=O)(=O)Nc2cccc(Cl)c2)c1. The van der Waals surface area contributed by atoms with Crippen LogP contribution < -0.4 is 14.8 Å². The van der Waals surface area contributed by atoms with E-state index in [0.29, 0.717) is 16.5 Å². The molecule has 0 bridgehead atoms. The van der Waals surface area contributed by atoms with Crippen LogP contribution in [0.1, 0.15) is 28.9 Å². The number of rotatable bonds is 7. The predicted octanol–water partition coefficient (Wildman–Crippen LogP) is 4.64. The molecule has 0 aliphatic rings. The summed E-state index contributed by atoms with van der Waals surface area (Å²) in [5.74, 6) is 0.264. The Bertz CT molecular complexity index is 1170. The van der Waals surface area contributed by atoms with Crippen molar-refractivity contribution in [2.45, 2.75) is 17.9 Å². The number of methoxy groups -OCH3 is 1. The van der Waals surface area contributed by atoms with E-state index in [1.165, 1.54) is 24.3 Å². The van der Waals surface area contributed by atoms with Crippen molar-refractivity contribution in [1.82, 2.24) is 5.32 Å². The maximum absolute atomic E-state index is 12.7. The van der Waals surface area contributed by atoms with Gasteiger partial charge in [-0.15, -0.1) is 0 Å². The fourth-order valence-electron chi connectivity index (χ4n) is 2.95. The van der Waals surface area contributed by atoms with E-state index in [1.54, 1.807) is 31.4 Å². The number of carbonyl (C=O) groups is 1. The number of hydrogen-bond donors (Lipinski definition) is 2. The summed E-state index contributed by atoms with van der Waals surface area (Å²) in [5, 5.41) is 3.28. The molecule has 156 valence electrons. The standard InChI is InChI=1S/C22H21ClN2O4S/c1-15(20-11-3-4-12-21(20)29-2)24-22(26)16-7-5-10-19(13-16)30(27,28)25-18-9-6-8-17(23)14-18/h3-15,25H,1-2H3,(H,24,26). The maximum Gasteiger partial charge on any atom is 0.261 e. The number of carbonyl (C=O) groups excluding carboxylic acids is 1. The number of sulfonamides is 1. The van der Waals surface area contributed by atoms with Crippen molar-refractivity contribution in [2.75, 3.05) is 11.8 Å². The first-order chi connectivity index (χ1) is 14.3. The molecular formula is C22H21ClN2O4S. The molecule has 1 unspecified atom stereocenters. The number of nitrogens with one attached hydrogen (secondary N) is 2. The molecule has 30 heavy (non-hydrogen) atoms. The second kappa shape index (κ2) is 9.19. The monoisotopic (exact) mass is 444 g/mol. The number of benzene rings is 3. The van der Waals surface area contributed by atoms with Crippen LogP contribution in [0.3, 0.4) is 0 Å². The molecule has 0 saturated heterocycles. The minimum Gasteiger partial charge on any atom is -0.496 e. The Hall–Kier alpha value is -3.03. The highest BCUT2D eigenvalue weighted by molar-refractivity contribution is 7.92. The Kier molecular flexibility index (Phi) is 6.64. The van der Waals surface area contributed by atoms with Gasteiger partial charge in [0.2, 0.25) is 0 Å². The highest BCUT2D eigenvalue weighted by Crippen LogP contribution is 2.25. The number of hydrogen-bond acceptors (Lipinski definition) is 4. The average molecular weight is 445 g/mol. The number of halogens is 1. The van der Waals surface area contributed by atoms with Crippen LogP contribution in [-0.2, 0) is 10.0 Å². The molecule has 0 saturated carbocycles. The quantitative estimate of drug-likeness (QED) is 0.556. The number of anilines is 1. The lowest BCUT2D eigenvalue weighted by Gasteiger charge is -2.17. The summed E-state index contributed by atoms with van der Waals surface area (Å²) in [6, 6.07) is 19.3. The van der Waals surface area contributed by atoms with Crippen molar-refractivity contribution >= 4 is 33.2 Å². The third kappa shape index (κ3) is 5.11. The fraction of sp³-hybridized carbons (Fsp3) is 0.136. The lowest BCUT2D eigenvalue weighted by atomic mass is 10.1. The van der Waals surface area contributed by atoms with E-state index in [-0.39, 0.29) is 16.5 Å². The van der Waals surface area contributed by atoms with Crippen LogP contribution in [0.5, 0.6) is 5.75 Å². The summed E-state index contributed by atoms with van der Waals surface area (Å²) in [6.45, 7) is 1.83. The zero-order chi connectivity index (χ0) is 21.7. The summed E-state index contributed by atoms with van der Waals surface area (Å²) >= 11 is 5.91. The van der Waals surface area contributed by atoms with Crippen molar-refractivity contribution in [3.8, 4) is 5.75 Å². The van der Waals surface area contributed by atoms with Gasteiger partial charge in [-0.2, -0.15) is 0 Å². The third-order valence-corrected chi connectivity index (χ3v) is 6.05. The van der Waals surface area contributed by atoms with Gasteiger partial charge >= 0.3 is 0 Å². The topological polar surface area (TPSA) is 84.5 Å². The molecule has 1 amide bonds. The van der Waals surface area contributed by atoms with E-state index in [2.05, 4.69) is 10.0 Å². The summed E-state index contributed by atoms with van der Waals surface area (Å²) in [4.78, 5) is 12.7. The van der Waals surface area contributed by atoms with Crippen LogP contribution in [0, 0.1) is 0 Å². The van der Waals surface area contributed by atoms with Crippen molar-refractivity contribution in [2.24, 2.45) is 0 Å². The summed E-state index contributed by atoms with van der Waals surface area (Å²) in [5.41, 5.74) is 1.38. The van der Waals surface area contributed by atoms with E-state index in [4.69, 9.17) is 16.3 Å². The normalized spacial score (nSPS) is 12.1. The van der Waals surface area contributed by atoms with Gasteiger partial charge < -0.3 is 10.1 Å². The van der Waals surface area contributed by atoms with Gasteiger partial charge in [-0.3, -0.25) is 9.52 Å². The van der Waals surface area contributed by atoms with E-state index >= 15 is 0 Å². The Labute approximate surface area is 180 Å². The summed E-state index contributed by atoms with van der Waals surface area (Å²) in [7, 11) is -2.32. The van der Waals surface area contributed by atoms with E-state index in [0.717, 1.165) is 5.56 Å². The van der Waals surface area contributed by atoms with Crippen molar-refractivity contribution in [3.05, 3.63) is 88.9 Å². The first-order valence-corrected chi connectivity index (χ1v) is 11.0. The van der Waals surface area contributed by atoms with Crippen molar-refractivity contribution in [3.63, 3.8) is 0 Å². The van der Waals surface area contributed by atoms with E-state index < -0.39 is 15.9 Å². The molecule has 0 aliphatic heterocycles. The Morgan fingerprint density at radius 1 is 1.00 bits per heavy atom. The molecule has 0 radical (unpaired) electrons. The second-order valence-corrected chi connectivity index (χ2v) is 8.70. The number of para-hydroxylation sites is 1. The molecule has 0 fully saturated rings. The maximum atomic E-state index is 12.7. The predicted molar refractivity (Wildman–Crippen MR) is 118 cm³/mol. The zero-order valence-electron chi connectivity index (χ0n) is 16.4. The lowest BCUT2D eigenvalue weighted by Crippen LogP contribution is -2.27. The molecule has 6 nitrogen and oxygen atoms in total. The summed E-state index contributed by atoms with van der Waals surface area (Å²) < 4.78 is 33.2. The molecule has 0 aromatic heterocycles. The molecule has 0 spiro atoms. The van der Waals surface area contributed by atoms with Crippen LogP contribution >= 0.6 is 11.6 Å². The highest BCUT2D eigenvalue weighted by Gasteiger charge is 2.19. The zero-order valence-corrected chi connectivity index (χ0v) is 18.0. The first-order valence-electron chi connectivity index (χ1n) is 9.12. The van der Waals surface area contributed by atoms with Gasteiger partial charge in [0.15, 0.2) is 0 Å². The highest BCUT2D eigenvalue weighted by atomic mass is 35.5. The third-order valence-electron chi connectivity index (χ3n) is 4.44. The summed E-state index contributed by atoms with van der Waals surface area (Å²) in [6.07, 6.45) is 0. The molecule has 3 aromatic carbocycles. The number of amides is 1. The Morgan fingerprint density at radius 2 is 1.73 bits per heavy atom. The van der Waals surface area contributed by atoms with Crippen LogP contribution in [-0.4, -0.2) is 21.4 Å². The molecule has 0 aliphatic carbocycles. The second-order valence-electron chi connectivity index (χ2n) is 6.58. The molecule has 3 aromatic rings. The van der Waals surface area contributed by atoms with E-state index in [1.807, 2.05) is 31.2 Å². The van der Waals surface area contributed by atoms with Crippen molar-refractivity contribution < 1.29 is 17.9 Å². The molecule has 8 heteroatoms. The lowest BCUT2D eigenvalue weighted by molar-refractivity contribution is 0.0939. The van der Waals surface area contributed by atoms with Crippen LogP contribution in [0.4, 0.5) is 5.69 Å². The van der Waals surface area contributed by atoms with Crippen LogP contribution in [0.25, 0.3) is 0 Å². The molecule has 2 N–H and O–H groups in total. The van der Waals surface area contributed by atoms with Crippen molar-refractivity contribution in [1.29, 1.82) is 0 Å². The van der Waals surface area contributed by atoms with Gasteiger partial charge in [-0.25, -0.2) is 8.42 Å². The molecular weight excluding hydrogens is 424 g/mol. The minimum absolute atomic E-state index is 0.0277. The molecule has 1 atom stereocenters. The molecule has 3 rings (SSSR count).